The third-order valence-electron chi connectivity index (χ3n) is 6.43. The summed E-state index contributed by atoms with van der Waals surface area (Å²) in [5.74, 6) is 1.62. The summed E-state index contributed by atoms with van der Waals surface area (Å²) in [7, 11) is 1.82. The van der Waals surface area contributed by atoms with Gasteiger partial charge in [0.25, 0.3) is 0 Å². The molecule has 0 unspecified atom stereocenters. The fraction of sp³-hybridized carbons (Fsp3) is 0.522. The van der Waals surface area contributed by atoms with Crippen molar-refractivity contribution in [3.05, 3.63) is 47.7 Å². The maximum atomic E-state index is 13.0. The van der Waals surface area contributed by atoms with E-state index >= 15 is 0 Å². The molecular weight excluding hydrogens is 378 g/mol. The Kier molecular flexibility index (Phi) is 5.90. The monoisotopic (exact) mass is 409 g/mol. The Morgan fingerprint density at radius 2 is 2.03 bits per heavy atom. The second-order valence-corrected chi connectivity index (χ2v) is 8.61. The standard InChI is InChI=1S/C23H31N5O2/c1-17-13-20(26-22(24-2)25-17)27-12-9-19(29)23(15-27)10-6-11-28(16-23)21(30)14-18-7-4-3-5-8-18/h3-5,7-8,13,19,29H,6,9-12,14-16H2,1-2H3,(H,24,25,26)/t19-,23-/m1/s1. The van der Waals surface area contributed by atoms with Crippen LogP contribution in [0.15, 0.2) is 36.4 Å². The zero-order chi connectivity index (χ0) is 21.1. The Balaban J connectivity index is 1.51. The molecule has 7 heteroatoms. The lowest BCUT2D eigenvalue weighted by molar-refractivity contribution is -0.137. The molecule has 0 bridgehead atoms. The number of aliphatic hydroxyl groups excluding tert-OH is 1. The number of rotatable bonds is 4. The van der Waals surface area contributed by atoms with Gasteiger partial charge in [0.05, 0.1) is 12.5 Å². The van der Waals surface area contributed by atoms with Crippen molar-refractivity contribution in [3.63, 3.8) is 0 Å². The molecule has 2 saturated heterocycles. The van der Waals surface area contributed by atoms with Gasteiger partial charge >= 0.3 is 0 Å². The van der Waals surface area contributed by atoms with Crippen LogP contribution in [-0.2, 0) is 11.2 Å². The van der Waals surface area contributed by atoms with Gasteiger partial charge in [-0.2, -0.15) is 4.98 Å². The van der Waals surface area contributed by atoms with E-state index < -0.39 is 6.10 Å². The quantitative estimate of drug-likeness (QED) is 0.806. The van der Waals surface area contributed by atoms with Crippen LogP contribution in [0.2, 0.25) is 0 Å². The number of piperidine rings is 2. The first-order valence-corrected chi connectivity index (χ1v) is 10.8. The molecule has 2 aliphatic rings. The maximum absolute atomic E-state index is 13.0. The number of amides is 1. The zero-order valence-electron chi connectivity index (χ0n) is 17.8. The molecule has 3 heterocycles. The van der Waals surface area contributed by atoms with Gasteiger partial charge in [0.15, 0.2) is 0 Å². The van der Waals surface area contributed by atoms with Crippen molar-refractivity contribution in [2.45, 2.75) is 38.7 Å². The molecule has 2 N–H and O–H groups in total. The predicted octanol–water partition coefficient (Wildman–Crippen LogP) is 2.25. The van der Waals surface area contributed by atoms with Crippen molar-refractivity contribution >= 4 is 17.7 Å². The average molecular weight is 410 g/mol. The van der Waals surface area contributed by atoms with Gasteiger partial charge in [-0.3, -0.25) is 4.79 Å². The van der Waals surface area contributed by atoms with E-state index in [1.165, 1.54) is 0 Å². The van der Waals surface area contributed by atoms with E-state index in [0.717, 1.165) is 43.0 Å². The number of aromatic nitrogens is 2. The fourth-order valence-corrected chi connectivity index (χ4v) is 4.83. The molecule has 160 valence electrons. The Morgan fingerprint density at radius 3 is 2.80 bits per heavy atom. The Bertz CT molecular complexity index is 890. The third kappa shape index (κ3) is 4.26. The number of benzene rings is 1. The van der Waals surface area contributed by atoms with Crippen molar-refractivity contribution in [1.82, 2.24) is 14.9 Å². The highest BCUT2D eigenvalue weighted by Gasteiger charge is 2.46. The van der Waals surface area contributed by atoms with Crippen LogP contribution in [0.5, 0.6) is 0 Å². The minimum atomic E-state index is -0.409. The SMILES string of the molecule is CNc1nc(C)cc(N2CC[C@@H](O)[C@]3(CCCN(C(=O)Cc4ccccc4)C3)C2)n1. The van der Waals surface area contributed by atoms with E-state index in [2.05, 4.69) is 20.2 Å². The van der Waals surface area contributed by atoms with Gasteiger partial charge in [0.1, 0.15) is 5.82 Å². The van der Waals surface area contributed by atoms with Crippen molar-refractivity contribution in [3.8, 4) is 0 Å². The van der Waals surface area contributed by atoms with E-state index in [9.17, 15) is 9.90 Å². The minimum absolute atomic E-state index is 0.139. The van der Waals surface area contributed by atoms with Crippen LogP contribution in [-0.4, -0.2) is 65.2 Å². The summed E-state index contributed by atoms with van der Waals surface area (Å²) >= 11 is 0. The molecule has 1 aromatic carbocycles. The smallest absolute Gasteiger partial charge is 0.227 e. The summed E-state index contributed by atoms with van der Waals surface area (Å²) in [6.07, 6.45) is 2.51. The first-order valence-electron chi connectivity index (χ1n) is 10.8. The molecule has 0 radical (unpaired) electrons. The van der Waals surface area contributed by atoms with E-state index in [-0.39, 0.29) is 11.3 Å². The van der Waals surface area contributed by atoms with Crippen LogP contribution in [0, 0.1) is 12.3 Å². The average Bonchev–Trinajstić information content (AvgIpc) is 2.76. The number of hydrogen-bond acceptors (Lipinski definition) is 6. The Morgan fingerprint density at radius 1 is 1.23 bits per heavy atom. The molecule has 2 aliphatic heterocycles. The normalized spacial score (nSPS) is 24.2. The number of likely N-dealkylation sites (tertiary alicyclic amines) is 1. The summed E-state index contributed by atoms with van der Waals surface area (Å²) < 4.78 is 0. The number of aliphatic hydroxyl groups is 1. The summed E-state index contributed by atoms with van der Waals surface area (Å²) in [5, 5.41) is 14.0. The third-order valence-corrected chi connectivity index (χ3v) is 6.43. The highest BCUT2D eigenvalue weighted by atomic mass is 16.3. The summed E-state index contributed by atoms with van der Waals surface area (Å²) in [6.45, 7) is 4.77. The van der Waals surface area contributed by atoms with Gasteiger partial charge in [-0.1, -0.05) is 30.3 Å². The highest BCUT2D eigenvalue weighted by molar-refractivity contribution is 5.79. The number of nitrogens with one attached hydrogen (secondary N) is 1. The zero-order valence-corrected chi connectivity index (χ0v) is 17.8. The molecule has 0 aliphatic carbocycles. The lowest BCUT2D eigenvalue weighted by Gasteiger charge is -2.51. The Hall–Kier alpha value is -2.67. The minimum Gasteiger partial charge on any atom is -0.392 e. The van der Waals surface area contributed by atoms with E-state index in [4.69, 9.17) is 0 Å². The van der Waals surface area contributed by atoms with Gasteiger partial charge in [-0.25, -0.2) is 4.98 Å². The van der Waals surface area contributed by atoms with Crippen molar-refractivity contribution in [2.75, 3.05) is 43.4 Å². The molecule has 0 saturated carbocycles. The number of nitrogens with zero attached hydrogens (tertiary/aromatic N) is 4. The first kappa shape index (κ1) is 20.6. The van der Waals surface area contributed by atoms with Crippen LogP contribution in [0.1, 0.15) is 30.5 Å². The van der Waals surface area contributed by atoms with Gasteiger partial charge in [-0.15, -0.1) is 0 Å². The van der Waals surface area contributed by atoms with Crippen LogP contribution in [0.4, 0.5) is 11.8 Å². The van der Waals surface area contributed by atoms with Crippen molar-refractivity contribution in [2.24, 2.45) is 5.41 Å². The number of carbonyl (C=O) groups is 1. The number of hydrogen-bond donors (Lipinski definition) is 2. The summed E-state index contributed by atoms with van der Waals surface area (Å²) in [4.78, 5) is 26.2. The van der Waals surface area contributed by atoms with Gasteiger partial charge in [0, 0.05) is 50.4 Å². The number of carbonyl (C=O) groups excluding carboxylic acids is 1. The van der Waals surface area contributed by atoms with Crippen LogP contribution < -0.4 is 10.2 Å². The lowest BCUT2D eigenvalue weighted by Crippen LogP contribution is -2.60. The second kappa shape index (κ2) is 8.60. The summed E-state index contributed by atoms with van der Waals surface area (Å²) in [5.41, 5.74) is 1.62. The molecule has 1 amide bonds. The molecule has 2 atom stereocenters. The van der Waals surface area contributed by atoms with Crippen LogP contribution >= 0.6 is 0 Å². The highest BCUT2D eigenvalue weighted by Crippen LogP contribution is 2.40. The van der Waals surface area contributed by atoms with Gasteiger partial charge in [0.2, 0.25) is 11.9 Å². The molecule has 7 nitrogen and oxygen atoms in total. The number of aryl methyl sites for hydroxylation is 1. The van der Waals surface area contributed by atoms with Crippen LogP contribution in [0.3, 0.4) is 0 Å². The largest absolute Gasteiger partial charge is 0.392 e. The Labute approximate surface area is 178 Å². The van der Waals surface area contributed by atoms with E-state index in [1.807, 2.05) is 55.3 Å². The molecule has 2 fully saturated rings. The lowest BCUT2D eigenvalue weighted by atomic mass is 9.71. The molecule has 1 spiro atoms. The molecule has 2 aromatic rings. The molecular formula is C23H31N5O2. The van der Waals surface area contributed by atoms with E-state index in [0.29, 0.717) is 31.9 Å². The van der Waals surface area contributed by atoms with Gasteiger partial charge < -0.3 is 20.2 Å². The van der Waals surface area contributed by atoms with Crippen molar-refractivity contribution in [1.29, 1.82) is 0 Å². The predicted molar refractivity (Wildman–Crippen MR) is 118 cm³/mol. The van der Waals surface area contributed by atoms with E-state index in [1.54, 1.807) is 0 Å². The fourth-order valence-electron chi connectivity index (χ4n) is 4.83. The molecule has 1 aromatic heterocycles. The van der Waals surface area contributed by atoms with Gasteiger partial charge in [-0.05, 0) is 31.7 Å². The molecule has 4 rings (SSSR count). The van der Waals surface area contributed by atoms with Crippen molar-refractivity contribution < 1.29 is 9.90 Å². The number of anilines is 2. The van der Waals surface area contributed by atoms with Crippen LogP contribution in [0.25, 0.3) is 0 Å². The first-order chi connectivity index (χ1) is 14.5. The topological polar surface area (TPSA) is 81.6 Å². The summed E-state index contributed by atoms with van der Waals surface area (Å²) in [6, 6.07) is 11.9. The molecule has 30 heavy (non-hydrogen) atoms. The maximum Gasteiger partial charge on any atom is 0.227 e. The second-order valence-electron chi connectivity index (χ2n) is 8.61.